The van der Waals surface area contributed by atoms with Crippen LogP contribution in [0.3, 0.4) is 0 Å². The van der Waals surface area contributed by atoms with Gasteiger partial charge in [-0.2, -0.15) is 5.10 Å². The summed E-state index contributed by atoms with van der Waals surface area (Å²) in [4.78, 5) is 24.9. The number of para-hydroxylation sites is 2. The second-order valence-corrected chi connectivity index (χ2v) is 6.77. The van der Waals surface area contributed by atoms with Gasteiger partial charge in [-0.3, -0.25) is 9.48 Å². The topological polar surface area (TPSA) is 112 Å². The molecule has 2 aromatic rings. The van der Waals surface area contributed by atoms with E-state index >= 15 is 0 Å². The van der Waals surface area contributed by atoms with Crippen molar-refractivity contribution >= 4 is 23.3 Å². The molecule has 1 N–H and O–H groups in total. The molecule has 0 spiro atoms. The van der Waals surface area contributed by atoms with Crippen LogP contribution in [0.5, 0.6) is 0 Å². The zero-order valence-electron chi connectivity index (χ0n) is 16.0. The van der Waals surface area contributed by atoms with E-state index in [1.54, 1.807) is 59.0 Å². The summed E-state index contributed by atoms with van der Waals surface area (Å²) in [5, 5.41) is 23.0. The fourth-order valence-corrected chi connectivity index (χ4v) is 2.23. The fourth-order valence-electron chi connectivity index (χ4n) is 2.23. The molecule has 0 radical (unpaired) electrons. The summed E-state index contributed by atoms with van der Waals surface area (Å²) >= 11 is 0. The molecule has 2 rings (SSSR count). The first-order chi connectivity index (χ1) is 12.6. The van der Waals surface area contributed by atoms with Crippen molar-refractivity contribution < 1.29 is 19.2 Å². The molecule has 0 unspecified atom stereocenters. The van der Waals surface area contributed by atoms with Crippen molar-refractivity contribution in [3.63, 3.8) is 0 Å². The third-order valence-corrected chi connectivity index (χ3v) is 3.35. The van der Waals surface area contributed by atoms with Crippen molar-refractivity contribution in [1.82, 2.24) is 9.78 Å². The molecule has 0 atom stereocenters. The van der Waals surface area contributed by atoms with Crippen LogP contribution in [0.15, 0.2) is 35.4 Å². The molecule has 27 heavy (non-hydrogen) atoms. The van der Waals surface area contributed by atoms with Gasteiger partial charge in [0.15, 0.2) is 5.69 Å². The van der Waals surface area contributed by atoms with E-state index in [-0.39, 0.29) is 29.4 Å². The highest BCUT2D eigenvalue weighted by Gasteiger charge is 2.22. The Bertz CT molecular complexity index is 880. The van der Waals surface area contributed by atoms with Crippen LogP contribution in [0.2, 0.25) is 0 Å². The van der Waals surface area contributed by atoms with Crippen molar-refractivity contribution in [3.05, 3.63) is 46.9 Å². The Balaban J connectivity index is 2.29. The molecule has 0 saturated carbocycles. The molecule has 0 bridgehead atoms. The van der Waals surface area contributed by atoms with Crippen molar-refractivity contribution in [3.8, 4) is 0 Å². The first kappa shape index (κ1) is 20.1. The molecule has 0 saturated heterocycles. The first-order valence-electron chi connectivity index (χ1n) is 8.44. The van der Waals surface area contributed by atoms with E-state index < -0.39 is 17.4 Å². The minimum atomic E-state index is -0.575. The van der Waals surface area contributed by atoms with E-state index in [1.807, 2.05) is 0 Å². The maximum atomic E-state index is 12.5. The Labute approximate surface area is 157 Å². The maximum absolute atomic E-state index is 12.5. The van der Waals surface area contributed by atoms with E-state index in [0.717, 1.165) is 0 Å². The summed E-state index contributed by atoms with van der Waals surface area (Å²) in [6, 6.07) is 7.84. The zero-order chi connectivity index (χ0) is 20.2. The highest BCUT2D eigenvalue weighted by molar-refractivity contribution is 6.05. The highest BCUT2D eigenvalue weighted by atomic mass is 16.5. The average molecular weight is 373 g/mol. The van der Waals surface area contributed by atoms with Gasteiger partial charge in [-0.05, 0) is 38.9 Å². The summed E-state index contributed by atoms with van der Waals surface area (Å²) in [5.41, 5.74) is 0.0918. The van der Waals surface area contributed by atoms with Gasteiger partial charge in [0.05, 0.1) is 6.61 Å². The van der Waals surface area contributed by atoms with Crippen LogP contribution in [0.25, 0.3) is 0 Å². The first-order valence-corrected chi connectivity index (χ1v) is 8.44. The molecule has 0 aliphatic rings. The van der Waals surface area contributed by atoms with Gasteiger partial charge in [-0.15, -0.1) is 0 Å². The molecule has 144 valence electrons. The van der Waals surface area contributed by atoms with E-state index in [4.69, 9.17) is 4.74 Å². The molecule has 0 aliphatic heterocycles. The summed E-state index contributed by atoms with van der Waals surface area (Å²) in [7, 11) is 1.54. The predicted octanol–water partition coefficient (Wildman–Crippen LogP) is 3.24. The Morgan fingerprint density at radius 3 is 2.63 bits per heavy atom. The van der Waals surface area contributed by atoms with Gasteiger partial charge in [0, 0.05) is 19.2 Å². The van der Waals surface area contributed by atoms with E-state index in [2.05, 4.69) is 15.5 Å². The van der Waals surface area contributed by atoms with Gasteiger partial charge >= 0.3 is 5.97 Å². The number of hydrogen-bond acceptors (Lipinski definition) is 6. The summed E-state index contributed by atoms with van der Waals surface area (Å²) in [5.74, 6) is -1.13. The molecule has 1 heterocycles. The van der Waals surface area contributed by atoms with Crippen molar-refractivity contribution in [2.45, 2.75) is 33.2 Å². The van der Waals surface area contributed by atoms with Crippen LogP contribution < -0.4 is 5.32 Å². The van der Waals surface area contributed by atoms with Crippen molar-refractivity contribution in [2.24, 2.45) is 12.2 Å². The van der Waals surface area contributed by atoms with Crippen LogP contribution in [-0.4, -0.2) is 38.7 Å². The molecule has 0 aliphatic carbocycles. The smallest absolute Gasteiger partial charge is 0.356 e. The quantitative estimate of drug-likeness (QED) is 0.374. The maximum Gasteiger partial charge on any atom is 0.356 e. The van der Waals surface area contributed by atoms with Crippen LogP contribution in [0.1, 0.15) is 48.7 Å². The minimum Gasteiger partial charge on any atom is -0.594 e. The highest BCUT2D eigenvalue weighted by Crippen LogP contribution is 2.26. The van der Waals surface area contributed by atoms with Gasteiger partial charge in [-0.1, -0.05) is 17.0 Å². The lowest BCUT2D eigenvalue weighted by Gasteiger charge is -2.12. The number of esters is 1. The molecule has 0 fully saturated rings. The molecule has 1 aromatic heterocycles. The Kier molecular flexibility index (Phi) is 5.94. The second kappa shape index (κ2) is 7.98. The molecule has 1 amide bonds. The number of anilines is 1. The third-order valence-electron chi connectivity index (χ3n) is 3.35. The number of nitrogens with one attached hydrogen (secondary N) is 1. The molecule has 9 nitrogen and oxygen atoms in total. The number of azo groups is 1. The normalized spacial score (nSPS) is 12.0. The van der Waals surface area contributed by atoms with Gasteiger partial charge in [0.2, 0.25) is 0 Å². The second-order valence-electron chi connectivity index (χ2n) is 6.77. The monoisotopic (exact) mass is 373 g/mol. The minimum absolute atomic E-state index is 0.0283. The van der Waals surface area contributed by atoms with Crippen LogP contribution >= 0.6 is 0 Å². The van der Waals surface area contributed by atoms with Crippen molar-refractivity contribution in [1.29, 1.82) is 0 Å². The number of aromatic nitrogens is 2. The number of hydrogen-bond donors (Lipinski definition) is 1. The zero-order valence-corrected chi connectivity index (χ0v) is 16.0. The number of carbonyl (C=O) groups is 2. The number of nitrogens with zero attached hydrogens (tertiary/aromatic N) is 4. The van der Waals surface area contributed by atoms with Crippen LogP contribution in [0.4, 0.5) is 11.4 Å². The van der Waals surface area contributed by atoms with Crippen LogP contribution in [-0.2, 0) is 11.8 Å². The standard InChI is InChI=1S/C18H23N5O4/c1-6-27-17(25)15-11-13(20-22(15)5)16(24)19-12-9-7-8-10-14(12)23(26)21-18(2,3)4/h7-11H,6H2,1-5H3,(H,19,24). The Morgan fingerprint density at radius 2 is 2.00 bits per heavy atom. The Morgan fingerprint density at radius 1 is 1.33 bits per heavy atom. The lowest BCUT2D eigenvalue weighted by Crippen LogP contribution is -2.16. The molecule has 1 aromatic carbocycles. The number of aryl methyl sites for hydroxylation is 1. The number of benzene rings is 1. The fraction of sp³-hybridized carbons (Fsp3) is 0.389. The van der Waals surface area contributed by atoms with Gasteiger partial charge in [0.25, 0.3) is 11.6 Å². The van der Waals surface area contributed by atoms with Crippen LogP contribution in [0, 0.1) is 5.21 Å². The number of ether oxygens (including phenoxy) is 1. The number of rotatable bonds is 5. The largest absolute Gasteiger partial charge is 0.594 e. The average Bonchev–Trinajstić information content (AvgIpc) is 2.96. The predicted molar refractivity (Wildman–Crippen MR) is 99.0 cm³/mol. The van der Waals surface area contributed by atoms with E-state index in [9.17, 15) is 14.8 Å². The van der Waals surface area contributed by atoms with Gasteiger partial charge in [-0.25, -0.2) is 4.79 Å². The van der Waals surface area contributed by atoms with E-state index in [0.29, 0.717) is 4.86 Å². The SMILES string of the molecule is CCOC(=O)c1cc(C(=O)Nc2ccccc2[N+]([O-])=NC(C)(C)C)nn1C. The molecular formula is C18H23N5O4. The molecular weight excluding hydrogens is 350 g/mol. The summed E-state index contributed by atoms with van der Waals surface area (Å²) in [6.07, 6.45) is 0. The van der Waals surface area contributed by atoms with Crippen molar-refractivity contribution in [2.75, 3.05) is 11.9 Å². The number of carbonyl (C=O) groups excluding carboxylic acids is 2. The van der Waals surface area contributed by atoms with Gasteiger partial charge < -0.3 is 15.3 Å². The lowest BCUT2D eigenvalue weighted by molar-refractivity contribution is -0.448. The number of amides is 1. The Hall–Kier alpha value is -3.23. The lowest BCUT2D eigenvalue weighted by atomic mass is 10.1. The summed E-state index contributed by atoms with van der Waals surface area (Å²) < 4.78 is 6.20. The molecule has 9 heteroatoms. The van der Waals surface area contributed by atoms with E-state index in [1.165, 1.54) is 10.7 Å². The third kappa shape index (κ3) is 5.13. The van der Waals surface area contributed by atoms with Gasteiger partial charge in [0.1, 0.15) is 16.9 Å². The summed E-state index contributed by atoms with van der Waals surface area (Å²) in [6.45, 7) is 7.29.